The summed E-state index contributed by atoms with van der Waals surface area (Å²) in [5, 5.41) is 2.87. The van der Waals surface area contributed by atoms with E-state index >= 15 is 0 Å². The molecule has 4 rings (SSSR count). The zero-order valence-electron chi connectivity index (χ0n) is 17.5. The Morgan fingerprint density at radius 1 is 1.29 bits per heavy atom. The smallest absolute Gasteiger partial charge is 0.251 e. The molecule has 2 aromatic rings. The molecule has 1 N–H and O–H groups in total. The van der Waals surface area contributed by atoms with E-state index in [9.17, 15) is 9.59 Å². The summed E-state index contributed by atoms with van der Waals surface area (Å²) in [7, 11) is 0. The average molecular weight is 418 g/mol. The molecule has 2 fully saturated rings. The largest absolute Gasteiger partial charge is 0.368 e. The molecule has 2 atom stereocenters. The predicted octanol–water partition coefficient (Wildman–Crippen LogP) is 2.44. The van der Waals surface area contributed by atoms with Crippen LogP contribution in [0.25, 0.3) is 11.1 Å². The van der Waals surface area contributed by atoms with Crippen LogP contribution in [-0.4, -0.2) is 54.0 Å². The van der Waals surface area contributed by atoms with Crippen LogP contribution in [0.4, 0.5) is 0 Å². The third-order valence-electron chi connectivity index (χ3n) is 6.22. The van der Waals surface area contributed by atoms with E-state index in [1.165, 1.54) is 0 Å². The fourth-order valence-corrected chi connectivity index (χ4v) is 4.61. The van der Waals surface area contributed by atoms with Gasteiger partial charge in [0.1, 0.15) is 6.10 Å². The first kappa shape index (κ1) is 21.1. The van der Waals surface area contributed by atoms with Crippen molar-refractivity contribution in [2.45, 2.75) is 31.8 Å². The predicted molar refractivity (Wildman–Crippen MR) is 118 cm³/mol. The highest BCUT2D eigenvalue weighted by Crippen LogP contribution is 2.38. The van der Waals surface area contributed by atoms with Gasteiger partial charge in [0, 0.05) is 37.7 Å². The molecule has 6 nitrogen and oxygen atoms in total. The monoisotopic (exact) mass is 417 g/mol. The Morgan fingerprint density at radius 3 is 2.90 bits per heavy atom. The first-order valence-electron chi connectivity index (χ1n) is 10.7. The van der Waals surface area contributed by atoms with E-state index in [0.717, 1.165) is 29.5 Å². The average Bonchev–Trinajstić information content (AvgIpc) is 3.49. The standard InChI is InChI=1S/C25H27N3O3/c1-2-12-27-24(30)25(11-14-28(18-25)23(29)22-10-6-15-31-22)16-19-7-3-4-9-21(19)20-8-5-13-26-17-20/h1,3-5,7-9,13,17,22H,6,10-12,14-16,18H2,(H,27,30)/t22-,25+/m1/s1. The molecule has 0 bridgehead atoms. The highest BCUT2D eigenvalue weighted by atomic mass is 16.5. The minimum atomic E-state index is -0.733. The number of hydrogen-bond donors (Lipinski definition) is 1. The van der Waals surface area contributed by atoms with Gasteiger partial charge in [-0.1, -0.05) is 36.3 Å². The topological polar surface area (TPSA) is 71.5 Å². The Kier molecular flexibility index (Phi) is 6.34. The van der Waals surface area contributed by atoms with Crippen molar-refractivity contribution in [2.24, 2.45) is 5.41 Å². The lowest BCUT2D eigenvalue weighted by molar-refractivity contribution is -0.141. The molecule has 1 aromatic carbocycles. The van der Waals surface area contributed by atoms with Gasteiger partial charge in [-0.05, 0) is 42.9 Å². The molecule has 2 saturated heterocycles. The van der Waals surface area contributed by atoms with Crippen LogP contribution in [0.2, 0.25) is 0 Å². The molecular weight excluding hydrogens is 390 g/mol. The third-order valence-corrected chi connectivity index (χ3v) is 6.22. The highest BCUT2D eigenvalue weighted by Gasteiger charge is 2.47. The van der Waals surface area contributed by atoms with Gasteiger partial charge in [-0.15, -0.1) is 6.42 Å². The number of likely N-dealkylation sites (tertiary alicyclic amines) is 1. The van der Waals surface area contributed by atoms with Crippen molar-refractivity contribution in [3.8, 4) is 23.5 Å². The zero-order valence-corrected chi connectivity index (χ0v) is 17.5. The number of aromatic nitrogens is 1. The first-order chi connectivity index (χ1) is 15.1. The van der Waals surface area contributed by atoms with Crippen LogP contribution < -0.4 is 5.32 Å². The van der Waals surface area contributed by atoms with Crippen molar-refractivity contribution in [1.29, 1.82) is 0 Å². The number of benzene rings is 1. The van der Waals surface area contributed by atoms with Crippen LogP contribution in [-0.2, 0) is 20.7 Å². The maximum absolute atomic E-state index is 13.3. The van der Waals surface area contributed by atoms with Gasteiger partial charge in [0.25, 0.3) is 5.91 Å². The van der Waals surface area contributed by atoms with Gasteiger partial charge in [0.2, 0.25) is 5.91 Å². The number of nitrogens with zero attached hydrogens (tertiary/aromatic N) is 2. The molecule has 160 valence electrons. The molecule has 3 heterocycles. The molecule has 2 aliphatic heterocycles. The Bertz CT molecular complexity index is 979. The zero-order chi connectivity index (χ0) is 21.7. The van der Waals surface area contributed by atoms with E-state index in [1.807, 2.05) is 42.6 Å². The van der Waals surface area contributed by atoms with E-state index in [4.69, 9.17) is 11.2 Å². The third kappa shape index (κ3) is 4.47. The van der Waals surface area contributed by atoms with Crippen molar-refractivity contribution in [1.82, 2.24) is 15.2 Å². The highest BCUT2D eigenvalue weighted by molar-refractivity contribution is 5.87. The van der Waals surface area contributed by atoms with E-state index in [1.54, 1.807) is 11.1 Å². The summed E-state index contributed by atoms with van der Waals surface area (Å²) in [4.78, 5) is 32.2. The number of amides is 2. The van der Waals surface area contributed by atoms with Crippen LogP contribution in [0, 0.1) is 17.8 Å². The summed E-state index contributed by atoms with van der Waals surface area (Å²) in [6, 6.07) is 12.0. The molecule has 2 aliphatic rings. The van der Waals surface area contributed by atoms with Crippen LogP contribution >= 0.6 is 0 Å². The molecule has 0 unspecified atom stereocenters. The number of rotatable bonds is 6. The van der Waals surface area contributed by atoms with E-state index in [2.05, 4.69) is 16.2 Å². The minimum Gasteiger partial charge on any atom is -0.368 e. The molecular formula is C25H27N3O3. The minimum absolute atomic E-state index is 0.00957. The van der Waals surface area contributed by atoms with Gasteiger partial charge in [-0.2, -0.15) is 0 Å². The Balaban J connectivity index is 1.62. The number of pyridine rings is 1. The quantitative estimate of drug-likeness (QED) is 0.733. The van der Waals surface area contributed by atoms with Gasteiger partial charge in [0.15, 0.2) is 0 Å². The maximum Gasteiger partial charge on any atom is 0.251 e. The van der Waals surface area contributed by atoms with E-state index in [-0.39, 0.29) is 24.5 Å². The van der Waals surface area contributed by atoms with Gasteiger partial charge < -0.3 is 15.0 Å². The van der Waals surface area contributed by atoms with Gasteiger partial charge in [-0.25, -0.2) is 0 Å². The second kappa shape index (κ2) is 9.32. The summed E-state index contributed by atoms with van der Waals surface area (Å²) in [6.07, 6.45) is 11.3. The van der Waals surface area contributed by atoms with Crippen molar-refractivity contribution >= 4 is 11.8 Å². The number of terminal acetylenes is 1. The molecule has 0 spiro atoms. The van der Waals surface area contributed by atoms with Gasteiger partial charge in [-0.3, -0.25) is 14.6 Å². The fraction of sp³-hybridized carbons (Fsp3) is 0.400. The molecule has 6 heteroatoms. The van der Waals surface area contributed by atoms with Crippen molar-refractivity contribution in [3.63, 3.8) is 0 Å². The summed E-state index contributed by atoms with van der Waals surface area (Å²) < 4.78 is 5.59. The lowest BCUT2D eigenvalue weighted by atomic mass is 9.78. The van der Waals surface area contributed by atoms with Gasteiger partial charge >= 0.3 is 0 Å². The molecule has 0 aliphatic carbocycles. The molecule has 31 heavy (non-hydrogen) atoms. The van der Waals surface area contributed by atoms with Crippen molar-refractivity contribution in [2.75, 3.05) is 26.2 Å². The maximum atomic E-state index is 13.3. The number of ether oxygens (including phenoxy) is 1. The Hall–Kier alpha value is -3.17. The Morgan fingerprint density at radius 2 is 2.16 bits per heavy atom. The normalized spacial score (nSPS) is 22.8. The summed E-state index contributed by atoms with van der Waals surface area (Å²) in [6.45, 7) is 1.70. The fourth-order valence-electron chi connectivity index (χ4n) is 4.61. The SMILES string of the molecule is C#CCNC(=O)[C@]1(Cc2ccccc2-c2cccnc2)CCN(C(=O)[C@H]2CCCO2)C1. The lowest BCUT2D eigenvalue weighted by Gasteiger charge is -2.29. The van der Waals surface area contributed by atoms with Crippen LogP contribution in [0.3, 0.4) is 0 Å². The lowest BCUT2D eigenvalue weighted by Crippen LogP contribution is -2.46. The number of carbonyl (C=O) groups is 2. The van der Waals surface area contributed by atoms with Gasteiger partial charge in [0.05, 0.1) is 12.0 Å². The summed E-state index contributed by atoms with van der Waals surface area (Å²) in [5.41, 5.74) is 2.37. The number of carbonyl (C=O) groups excluding carboxylic acids is 2. The van der Waals surface area contributed by atoms with Crippen LogP contribution in [0.15, 0.2) is 48.8 Å². The van der Waals surface area contributed by atoms with Crippen LogP contribution in [0.5, 0.6) is 0 Å². The Labute approximate surface area is 183 Å². The second-order valence-corrected chi connectivity index (χ2v) is 8.25. The summed E-state index contributed by atoms with van der Waals surface area (Å²) in [5.74, 6) is 2.37. The molecule has 0 radical (unpaired) electrons. The second-order valence-electron chi connectivity index (χ2n) is 8.25. The molecule has 1 aromatic heterocycles. The number of hydrogen-bond acceptors (Lipinski definition) is 4. The van der Waals surface area contributed by atoms with E-state index < -0.39 is 5.41 Å². The first-order valence-corrected chi connectivity index (χ1v) is 10.7. The number of nitrogens with one attached hydrogen (secondary N) is 1. The molecule has 2 amide bonds. The van der Waals surface area contributed by atoms with Crippen molar-refractivity contribution < 1.29 is 14.3 Å². The van der Waals surface area contributed by atoms with Crippen molar-refractivity contribution in [3.05, 3.63) is 54.4 Å². The van der Waals surface area contributed by atoms with E-state index in [0.29, 0.717) is 32.5 Å². The van der Waals surface area contributed by atoms with Crippen LogP contribution in [0.1, 0.15) is 24.8 Å². The summed E-state index contributed by atoms with van der Waals surface area (Å²) >= 11 is 0. The molecule has 0 saturated carbocycles.